The van der Waals surface area contributed by atoms with Gasteiger partial charge in [-0.05, 0) is 51.0 Å². The molecule has 1 aliphatic heterocycles. The van der Waals surface area contributed by atoms with Crippen molar-refractivity contribution in [3.8, 4) is 5.75 Å². The number of ether oxygens (including phenoxy) is 1. The summed E-state index contributed by atoms with van der Waals surface area (Å²) in [5.41, 5.74) is 1.09. The molecule has 1 aromatic carbocycles. The van der Waals surface area contributed by atoms with Gasteiger partial charge in [-0.1, -0.05) is 0 Å². The highest BCUT2D eigenvalue weighted by molar-refractivity contribution is 5.92. The minimum Gasteiger partial charge on any atom is -0.494 e. The first-order valence-corrected chi connectivity index (χ1v) is 9.86. The fourth-order valence-corrected chi connectivity index (χ4v) is 3.33. The maximum absolute atomic E-state index is 12.5. The number of nitrogens with one attached hydrogen (secondary N) is 1. The molecular weight excluding hydrogens is 372 g/mol. The van der Waals surface area contributed by atoms with Gasteiger partial charge in [0.25, 0.3) is 5.91 Å². The van der Waals surface area contributed by atoms with Gasteiger partial charge in [-0.3, -0.25) is 4.79 Å². The molecule has 3 amide bonds. The van der Waals surface area contributed by atoms with E-state index in [4.69, 9.17) is 9.15 Å². The van der Waals surface area contributed by atoms with Crippen molar-refractivity contribution in [3.63, 3.8) is 0 Å². The first-order chi connectivity index (χ1) is 13.9. The minimum absolute atomic E-state index is 0.104. The van der Waals surface area contributed by atoms with Gasteiger partial charge < -0.3 is 24.3 Å². The van der Waals surface area contributed by atoms with Crippen LogP contribution in [-0.4, -0.2) is 60.5 Å². The fraction of sp³-hybridized carbons (Fsp3) is 0.476. The minimum atomic E-state index is -0.162. The first-order valence-electron chi connectivity index (χ1n) is 9.86. The summed E-state index contributed by atoms with van der Waals surface area (Å²) in [6.07, 6.45) is 1.48. The van der Waals surface area contributed by atoms with Crippen molar-refractivity contribution >= 4 is 17.6 Å². The lowest BCUT2D eigenvalue weighted by Gasteiger charge is -2.30. The van der Waals surface area contributed by atoms with Gasteiger partial charge in [0.15, 0.2) is 11.6 Å². The molecule has 0 saturated carbocycles. The lowest BCUT2D eigenvalue weighted by molar-refractivity contribution is 0.0821. The molecule has 0 unspecified atom stereocenters. The van der Waals surface area contributed by atoms with E-state index >= 15 is 0 Å². The molecule has 1 aliphatic rings. The number of piperidine rings is 1. The molecule has 1 fully saturated rings. The summed E-state index contributed by atoms with van der Waals surface area (Å²) < 4.78 is 11.2. The van der Waals surface area contributed by atoms with E-state index in [1.165, 1.54) is 4.90 Å². The maximum Gasteiger partial charge on any atom is 0.321 e. The number of oxazole rings is 1. The SMILES string of the molecule is CCOc1ccc(NC(=O)N2CCC(c3nc(C(=O)N(C)C)c(C)o3)CC2)cc1. The quantitative estimate of drug-likeness (QED) is 0.830. The highest BCUT2D eigenvalue weighted by Crippen LogP contribution is 2.29. The number of carbonyl (C=O) groups is 2. The van der Waals surface area contributed by atoms with Crippen molar-refractivity contribution in [1.29, 1.82) is 0 Å². The number of hydrogen-bond acceptors (Lipinski definition) is 5. The maximum atomic E-state index is 12.5. The summed E-state index contributed by atoms with van der Waals surface area (Å²) in [5.74, 6) is 1.84. The summed E-state index contributed by atoms with van der Waals surface area (Å²) in [6.45, 7) is 5.50. The zero-order valence-corrected chi connectivity index (χ0v) is 17.4. The number of anilines is 1. The van der Waals surface area contributed by atoms with Gasteiger partial charge in [0.05, 0.1) is 6.61 Å². The third-order valence-electron chi connectivity index (χ3n) is 4.97. The first kappa shape index (κ1) is 20.7. The molecule has 29 heavy (non-hydrogen) atoms. The van der Waals surface area contributed by atoms with E-state index in [-0.39, 0.29) is 17.9 Å². The Morgan fingerprint density at radius 3 is 2.48 bits per heavy atom. The van der Waals surface area contributed by atoms with Gasteiger partial charge in [0.2, 0.25) is 0 Å². The molecule has 2 heterocycles. The van der Waals surface area contributed by atoms with Crippen molar-refractivity contribution in [2.75, 3.05) is 39.1 Å². The van der Waals surface area contributed by atoms with Gasteiger partial charge in [-0.25, -0.2) is 9.78 Å². The number of aromatic nitrogens is 1. The van der Waals surface area contributed by atoms with Crippen LogP contribution < -0.4 is 10.1 Å². The van der Waals surface area contributed by atoms with Gasteiger partial charge in [0.1, 0.15) is 11.5 Å². The largest absolute Gasteiger partial charge is 0.494 e. The summed E-state index contributed by atoms with van der Waals surface area (Å²) in [7, 11) is 3.38. The Labute approximate surface area is 170 Å². The topological polar surface area (TPSA) is 87.9 Å². The number of hydrogen-bond donors (Lipinski definition) is 1. The lowest BCUT2D eigenvalue weighted by Crippen LogP contribution is -2.40. The van der Waals surface area contributed by atoms with Crippen LogP contribution in [0.5, 0.6) is 5.75 Å². The van der Waals surface area contributed by atoms with Gasteiger partial charge in [-0.2, -0.15) is 0 Å². The molecule has 0 aliphatic carbocycles. The van der Waals surface area contributed by atoms with E-state index < -0.39 is 0 Å². The van der Waals surface area contributed by atoms with Crippen molar-refractivity contribution in [3.05, 3.63) is 41.6 Å². The van der Waals surface area contributed by atoms with Gasteiger partial charge in [0, 0.05) is 38.8 Å². The molecule has 0 atom stereocenters. The standard InChI is InChI=1S/C21H28N4O4/c1-5-28-17-8-6-16(7-9-17)22-21(27)25-12-10-15(11-13-25)19-23-18(14(2)29-19)20(26)24(3)4/h6-9,15H,5,10-13H2,1-4H3,(H,22,27). The average Bonchev–Trinajstić information content (AvgIpc) is 3.10. The van der Waals surface area contributed by atoms with E-state index in [1.807, 2.05) is 31.2 Å². The second-order valence-electron chi connectivity index (χ2n) is 7.31. The predicted molar refractivity (Wildman–Crippen MR) is 109 cm³/mol. The van der Waals surface area contributed by atoms with E-state index in [0.29, 0.717) is 37.0 Å². The number of amides is 3. The van der Waals surface area contributed by atoms with Crippen LogP contribution >= 0.6 is 0 Å². The zero-order chi connectivity index (χ0) is 21.0. The second kappa shape index (κ2) is 8.98. The molecule has 8 heteroatoms. The smallest absolute Gasteiger partial charge is 0.321 e. The fourth-order valence-electron chi connectivity index (χ4n) is 3.33. The van der Waals surface area contributed by atoms with E-state index in [1.54, 1.807) is 25.9 Å². The van der Waals surface area contributed by atoms with Crippen molar-refractivity contribution in [2.45, 2.75) is 32.6 Å². The molecule has 1 N–H and O–H groups in total. The molecule has 0 radical (unpaired) electrons. The van der Waals surface area contributed by atoms with Crippen LogP contribution in [0.4, 0.5) is 10.5 Å². The molecule has 3 rings (SSSR count). The number of carbonyl (C=O) groups excluding carboxylic acids is 2. The Bertz CT molecular complexity index is 852. The summed E-state index contributed by atoms with van der Waals surface area (Å²) in [6, 6.07) is 7.20. The molecule has 0 bridgehead atoms. The average molecular weight is 400 g/mol. The van der Waals surface area contributed by atoms with Crippen molar-refractivity contribution < 1.29 is 18.7 Å². The molecule has 1 aromatic heterocycles. The van der Waals surface area contributed by atoms with Crippen LogP contribution in [0.3, 0.4) is 0 Å². The van der Waals surface area contributed by atoms with Crippen LogP contribution in [0.15, 0.2) is 28.7 Å². The third-order valence-corrected chi connectivity index (χ3v) is 4.97. The third kappa shape index (κ3) is 4.88. The molecular formula is C21H28N4O4. The van der Waals surface area contributed by atoms with Gasteiger partial charge >= 0.3 is 6.03 Å². The monoisotopic (exact) mass is 400 g/mol. The Morgan fingerprint density at radius 2 is 1.90 bits per heavy atom. The number of nitrogens with zero attached hydrogens (tertiary/aromatic N) is 3. The number of urea groups is 1. The Balaban J connectivity index is 1.55. The van der Waals surface area contributed by atoms with Crippen LogP contribution in [0.1, 0.15) is 47.8 Å². The molecule has 156 valence electrons. The number of aryl methyl sites for hydroxylation is 1. The molecule has 0 spiro atoms. The van der Waals surface area contributed by atoms with Crippen LogP contribution in [0.25, 0.3) is 0 Å². The van der Waals surface area contributed by atoms with E-state index in [9.17, 15) is 9.59 Å². The van der Waals surface area contributed by atoms with Crippen LogP contribution in [0, 0.1) is 6.92 Å². The Kier molecular flexibility index (Phi) is 6.41. The number of likely N-dealkylation sites (tertiary alicyclic amines) is 1. The normalized spacial score (nSPS) is 14.6. The second-order valence-corrected chi connectivity index (χ2v) is 7.31. The van der Waals surface area contributed by atoms with Gasteiger partial charge in [-0.15, -0.1) is 0 Å². The highest BCUT2D eigenvalue weighted by atomic mass is 16.5. The summed E-state index contributed by atoms with van der Waals surface area (Å²) >= 11 is 0. The Hall–Kier alpha value is -3.03. The summed E-state index contributed by atoms with van der Waals surface area (Å²) in [4.78, 5) is 32.4. The van der Waals surface area contributed by atoms with Crippen molar-refractivity contribution in [2.24, 2.45) is 0 Å². The Morgan fingerprint density at radius 1 is 1.24 bits per heavy atom. The molecule has 8 nitrogen and oxygen atoms in total. The molecule has 2 aromatic rings. The number of benzene rings is 1. The van der Waals surface area contributed by atoms with Crippen LogP contribution in [-0.2, 0) is 0 Å². The zero-order valence-electron chi connectivity index (χ0n) is 17.4. The predicted octanol–water partition coefficient (Wildman–Crippen LogP) is 3.50. The van der Waals surface area contributed by atoms with Crippen molar-refractivity contribution in [1.82, 2.24) is 14.8 Å². The summed E-state index contributed by atoms with van der Waals surface area (Å²) in [5, 5.41) is 2.92. The lowest BCUT2D eigenvalue weighted by atomic mass is 9.97. The highest BCUT2D eigenvalue weighted by Gasteiger charge is 2.29. The van der Waals surface area contributed by atoms with E-state index in [0.717, 1.165) is 24.3 Å². The van der Waals surface area contributed by atoms with E-state index in [2.05, 4.69) is 10.3 Å². The van der Waals surface area contributed by atoms with Crippen LogP contribution in [0.2, 0.25) is 0 Å². The number of rotatable bonds is 5. The molecule has 1 saturated heterocycles.